The van der Waals surface area contributed by atoms with Gasteiger partial charge >= 0.3 is 0 Å². The molecule has 2 aromatic heterocycles. The molecule has 0 radical (unpaired) electrons. The Morgan fingerprint density at radius 2 is 1.85 bits per heavy atom. The minimum Gasteiger partial charge on any atom is -0.233 e. The highest BCUT2D eigenvalue weighted by atomic mass is 15.1. The second-order valence-corrected chi connectivity index (χ2v) is 4.41. The summed E-state index contributed by atoms with van der Waals surface area (Å²) in [6.07, 6.45) is 0. The average Bonchev–Trinajstić information content (AvgIpc) is 2.48. The molecule has 1 aromatic carbocycles. The van der Waals surface area contributed by atoms with E-state index in [1.807, 2.05) is 49.4 Å². The largest absolute Gasteiger partial charge is 0.233 e. The van der Waals surface area contributed by atoms with Crippen LogP contribution in [0.25, 0.3) is 32.7 Å². The summed E-state index contributed by atoms with van der Waals surface area (Å²) >= 11 is 0. The fourth-order valence-corrected chi connectivity index (χ4v) is 2.07. The highest BCUT2D eigenvalue weighted by Gasteiger charge is 2.07. The SMILES string of the molecule is Cc1ccc2c(N=[N+]=[N-])cc(-c3ccccc3)nc2n1. The molecule has 0 atom stereocenters. The zero-order chi connectivity index (χ0) is 13.9. The van der Waals surface area contributed by atoms with Crippen molar-refractivity contribution in [2.45, 2.75) is 6.92 Å². The summed E-state index contributed by atoms with van der Waals surface area (Å²) in [6.45, 7) is 1.91. The Hall–Kier alpha value is -2.91. The highest BCUT2D eigenvalue weighted by Crippen LogP contribution is 2.29. The fourth-order valence-electron chi connectivity index (χ4n) is 2.07. The lowest BCUT2D eigenvalue weighted by molar-refractivity contribution is 1.20. The van der Waals surface area contributed by atoms with Gasteiger partial charge in [-0.05, 0) is 30.7 Å². The van der Waals surface area contributed by atoms with E-state index in [0.29, 0.717) is 11.3 Å². The predicted octanol–water partition coefficient (Wildman–Crippen LogP) is 4.55. The zero-order valence-electron chi connectivity index (χ0n) is 10.9. The second-order valence-electron chi connectivity index (χ2n) is 4.41. The van der Waals surface area contributed by atoms with Gasteiger partial charge in [-0.2, -0.15) is 0 Å². The van der Waals surface area contributed by atoms with E-state index in [2.05, 4.69) is 20.0 Å². The maximum atomic E-state index is 8.71. The molecular formula is C15H11N5. The normalized spacial score (nSPS) is 10.2. The number of azide groups is 1. The third kappa shape index (κ3) is 2.18. The van der Waals surface area contributed by atoms with Gasteiger partial charge in [-0.15, -0.1) is 0 Å². The molecule has 20 heavy (non-hydrogen) atoms. The predicted molar refractivity (Wildman–Crippen MR) is 78.5 cm³/mol. The third-order valence-electron chi connectivity index (χ3n) is 3.01. The molecule has 3 rings (SSSR count). The number of aryl methyl sites for hydroxylation is 1. The van der Waals surface area contributed by atoms with Gasteiger partial charge in [0.25, 0.3) is 0 Å². The first-order chi connectivity index (χ1) is 9.78. The van der Waals surface area contributed by atoms with E-state index in [4.69, 9.17) is 5.53 Å². The maximum Gasteiger partial charge on any atom is 0.160 e. The van der Waals surface area contributed by atoms with Crippen LogP contribution in [-0.4, -0.2) is 9.97 Å². The lowest BCUT2D eigenvalue weighted by Gasteiger charge is -2.06. The molecule has 0 amide bonds. The van der Waals surface area contributed by atoms with Crippen molar-refractivity contribution in [1.29, 1.82) is 0 Å². The summed E-state index contributed by atoms with van der Waals surface area (Å²) < 4.78 is 0. The molecule has 96 valence electrons. The molecule has 0 aliphatic rings. The first kappa shape index (κ1) is 12.1. The van der Waals surface area contributed by atoms with E-state index in [-0.39, 0.29) is 0 Å². The summed E-state index contributed by atoms with van der Waals surface area (Å²) in [6, 6.07) is 15.3. The lowest BCUT2D eigenvalue weighted by Crippen LogP contribution is -1.90. The van der Waals surface area contributed by atoms with Crippen molar-refractivity contribution in [3.05, 3.63) is 64.7 Å². The van der Waals surface area contributed by atoms with Gasteiger partial charge in [0.15, 0.2) is 5.65 Å². The smallest absolute Gasteiger partial charge is 0.160 e. The Kier molecular flexibility index (Phi) is 3.03. The minimum absolute atomic E-state index is 0.545. The van der Waals surface area contributed by atoms with Gasteiger partial charge in [0.05, 0.1) is 11.4 Å². The van der Waals surface area contributed by atoms with Gasteiger partial charge in [0.1, 0.15) is 0 Å². The molecule has 3 aromatic rings. The van der Waals surface area contributed by atoms with E-state index < -0.39 is 0 Å². The number of fused-ring (bicyclic) bond motifs is 1. The molecule has 0 fully saturated rings. The van der Waals surface area contributed by atoms with Crippen LogP contribution in [0.3, 0.4) is 0 Å². The summed E-state index contributed by atoms with van der Waals surface area (Å²) in [5.74, 6) is 0. The number of rotatable bonds is 2. The highest BCUT2D eigenvalue weighted by molar-refractivity contribution is 5.90. The molecule has 5 heteroatoms. The van der Waals surface area contributed by atoms with Crippen LogP contribution in [0.2, 0.25) is 0 Å². The number of hydrogen-bond donors (Lipinski definition) is 0. The molecule has 0 saturated carbocycles. The Morgan fingerprint density at radius 1 is 1.05 bits per heavy atom. The van der Waals surface area contributed by atoms with Crippen LogP contribution in [0.5, 0.6) is 0 Å². The molecular weight excluding hydrogens is 250 g/mol. The molecule has 5 nitrogen and oxygen atoms in total. The summed E-state index contributed by atoms with van der Waals surface area (Å²) in [5.41, 5.74) is 12.4. The quantitative estimate of drug-likeness (QED) is 0.385. The van der Waals surface area contributed by atoms with Crippen molar-refractivity contribution in [3.63, 3.8) is 0 Å². The zero-order valence-corrected chi connectivity index (χ0v) is 10.9. The number of hydrogen-bond acceptors (Lipinski definition) is 3. The Bertz CT molecular complexity index is 820. The molecule has 0 N–H and O–H groups in total. The van der Waals surface area contributed by atoms with Crippen molar-refractivity contribution in [3.8, 4) is 11.3 Å². The second kappa shape index (κ2) is 4.99. The van der Waals surface area contributed by atoms with Crippen molar-refractivity contribution in [2.24, 2.45) is 5.11 Å². The first-order valence-corrected chi connectivity index (χ1v) is 6.17. The molecule has 0 aliphatic heterocycles. The summed E-state index contributed by atoms with van der Waals surface area (Å²) in [7, 11) is 0. The van der Waals surface area contributed by atoms with Crippen LogP contribution in [0.15, 0.2) is 53.6 Å². The van der Waals surface area contributed by atoms with E-state index in [1.165, 1.54) is 0 Å². The number of benzene rings is 1. The van der Waals surface area contributed by atoms with E-state index in [0.717, 1.165) is 22.3 Å². The molecule has 0 unspecified atom stereocenters. The van der Waals surface area contributed by atoms with Crippen LogP contribution in [0.4, 0.5) is 5.69 Å². The topological polar surface area (TPSA) is 74.5 Å². The molecule has 0 aliphatic carbocycles. The van der Waals surface area contributed by atoms with Crippen LogP contribution in [-0.2, 0) is 0 Å². The van der Waals surface area contributed by atoms with Gasteiger partial charge in [0.2, 0.25) is 0 Å². The van der Waals surface area contributed by atoms with E-state index >= 15 is 0 Å². The summed E-state index contributed by atoms with van der Waals surface area (Å²) in [5, 5.41) is 4.51. The van der Waals surface area contributed by atoms with Crippen molar-refractivity contribution in [2.75, 3.05) is 0 Å². The number of pyridine rings is 2. The minimum atomic E-state index is 0.545. The van der Waals surface area contributed by atoms with Crippen LogP contribution >= 0.6 is 0 Å². The van der Waals surface area contributed by atoms with Gasteiger partial charge in [-0.1, -0.05) is 35.4 Å². The molecule has 0 saturated heterocycles. The fraction of sp³-hybridized carbons (Fsp3) is 0.0667. The van der Waals surface area contributed by atoms with Crippen molar-refractivity contribution < 1.29 is 0 Å². The van der Waals surface area contributed by atoms with Crippen LogP contribution in [0, 0.1) is 6.92 Å². The average molecular weight is 261 g/mol. The Labute approximate surface area is 115 Å². The number of nitrogens with zero attached hydrogens (tertiary/aromatic N) is 5. The van der Waals surface area contributed by atoms with Crippen LogP contribution in [0.1, 0.15) is 5.69 Å². The Balaban J connectivity index is 2.32. The molecule has 0 bridgehead atoms. The monoisotopic (exact) mass is 261 g/mol. The van der Waals surface area contributed by atoms with Gasteiger partial charge in [-0.25, -0.2) is 9.97 Å². The van der Waals surface area contributed by atoms with Gasteiger partial charge in [-0.3, -0.25) is 0 Å². The summed E-state index contributed by atoms with van der Waals surface area (Å²) in [4.78, 5) is 11.8. The van der Waals surface area contributed by atoms with Gasteiger partial charge in [0, 0.05) is 21.6 Å². The third-order valence-corrected chi connectivity index (χ3v) is 3.01. The van der Waals surface area contributed by atoms with Crippen molar-refractivity contribution >= 4 is 16.7 Å². The maximum absolute atomic E-state index is 8.71. The van der Waals surface area contributed by atoms with Crippen molar-refractivity contribution in [1.82, 2.24) is 9.97 Å². The van der Waals surface area contributed by atoms with E-state index in [9.17, 15) is 0 Å². The molecule has 2 heterocycles. The standard InChI is InChI=1S/C15H11N5/c1-10-7-8-12-14(19-20-16)9-13(18-15(12)17-10)11-5-3-2-4-6-11/h2-9H,1H3. The van der Waals surface area contributed by atoms with Gasteiger partial charge < -0.3 is 0 Å². The first-order valence-electron chi connectivity index (χ1n) is 6.17. The Morgan fingerprint density at radius 3 is 2.60 bits per heavy atom. The van der Waals surface area contributed by atoms with Crippen LogP contribution < -0.4 is 0 Å². The lowest BCUT2D eigenvalue weighted by atomic mass is 10.1. The molecule has 0 spiro atoms. The van der Waals surface area contributed by atoms with E-state index in [1.54, 1.807) is 6.07 Å². The number of aromatic nitrogens is 2.